The number of rotatable bonds is 9. The zero-order valence-corrected chi connectivity index (χ0v) is 20.9. The number of ether oxygens (including phenoxy) is 2. The number of amides is 1. The largest absolute Gasteiger partial charge is 0.462 e. The third kappa shape index (κ3) is 5.67. The average Bonchev–Trinajstić information content (AvgIpc) is 3.25. The third-order valence-electron chi connectivity index (χ3n) is 5.48. The molecular weight excluding hydrogens is 476 g/mol. The van der Waals surface area contributed by atoms with Gasteiger partial charge in [0.15, 0.2) is 10.6 Å². The lowest BCUT2D eigenvalue weighted by atomic mass is 10.0. The molecule has 0 saturated heterocycles. The predicted molar refractivity (Wildman–Crippen MR) is 138 cm³/mol. The minimum absolute atomic E-state index is 0.109. The molecule has 1 amide bonds. The second-order valence-corrected chi connectivity index (χ2v) is 8.83. The summed E-state index contributed by atoms with van der Waals surface area (Å²) in [5, 5.41) is 0. The molecule has 0 spiro atoms. The van der Waals surface area contributed by atoms with Crippen molar-refractivity contribution in [3.8, 4) is 0 Å². The summed E-state index contributed by atoms with van der Waals surface area (Å²) in [6.07, 6.45) is 0. The van der Waals surface area contributed by atoms with E-state index in [1.807, 2.05) is 35.8 Å². The highest BCUT2D eigenvalue weighted by Crippen LogP contribution is 2.20. The van der Waals surface area contributed by atoms with Crippen LogP contribution < -0.4 is 4.80 Å². The van der Waals surface area contributed by atoms with Crippen molar-refractivity contribution in [1.82, 2.24) is 4.57 Å². The zero-order chi connectivity index (χ0) is 25.5. The first-order valence-electron chi connectivity index (χ1n) is 11.7. The number of fused-ring (bicyclic) bond motifs is 1. The first-order chi connectivity index (χ1) is 17.5. The minimum Gasteiger partial charge on any atom is -0.462 e. The van der Waals surface area contributed by atoms with Crippen molar-refractivity contribution in [2.75, 3.05) is 19.8 Å². The van der Waals surface area contributed by atoms with Gasteiger partial charge < -0.3 is 14.0 Å². The van der Waals surface area contributed by atoms with Gasteiger partial charge in [-0.3, -0.25) is 9.59 Å². The van der Waals surface area contributed by atoms with Crippen LogP contribution in [0.5, 0.6) is 0 Å². The Morgan fingerprint density at radius 3 is 2.19 bits per heavy atom. The molecule has 0 saturated carbocycles. The number of carbonyl (C=O) groups excluding carboxylic acids is 3. The smallest absolute Gasteiger partial charge is 0.338 e. The van der Waals surface area contributed by atoms with E-state index in [2.05, 4.69) is 4.99 Å². The number of aromatic nitrogens is 1. The van der Waals surface area contributed by atoms with E-state index in [4.69, 9.17) is 9.47 Å². The SMILES string of the molecule is CCOCCn1c(=NC(=O)c2ccc(C(=O)c3ccccc3)cc2)sc2cc(C(=O)OCC)ccc21. The Morgan fingerprint density at radius 1 is 0.833 bits per heavy atom. The lowest BCUT2D eigenvalue weighted by Crippen LogP contribution is -2.19. The van der Waals surface area contributed by atoms with E-state index in [9.17, 15) is 14.4 Å². The molecular formula is C28H26N2O5S. The van der Waals surface area contributed by atoms with Crippen molar-refractivity contribution in [3.63, 3.8) is 0 Å². The fraction of sp³-hybridized carbons (Fsp3) is 0.214. The highest BCUT2D eigenvalue weighted by atomic mass is 32.1. The van der Waals surface area contributed by atoms with E-state index >= 15 is 0 Å². The topological polar surface area (TPSA) is 87.0 Å². The quantitative estimate of drug-likeness (QED) is 0.185. The minimum atomic E-state index is -0.420. The molecule has 0 aliphatic rings. The number of nitrogens with zero attached hydrogens (tertiary/aromatic N) is 2. The van der Waals surface area contributed by atoms with Crippen molar-refractivity contribution in [1.29, 1.82) is 0 Å². The molecule has 4 rings (SSSR count). The van der Waals surface area contributed by atoms with Crippen LogP contribution in [0.25, 0.3) is 10.2 Å². The average molecular weight is 503 g/mol. The molecule has 3 aromatic carbocycles. The Hall–Kier alpha value is -3.88. The van der Waals surface area contributed by atoms with Gasteiger partial charge in [0, 0.05) is 29.8 Å². The molecule has 0 unspecified atom stereocenters. The maximum absolute atomic E-state index is 13.0. The van der Waals surface area contributed by atoms with E-state index in [1.165, 1.54) is 11.3 Å². The van der Waals surface area contributed by atoms with Crippen LogP contribution in [-0.2, 0) is 16.0 Å². The number of esters is 1. The van der Waals surface area contributed by atoms with Gasteiger partial charge in [-0.1, -0.05) is 53.8 Å². The van der Waals surface area contributed by atoms with Crippen molar-refractivity contribution in [2.24, 2.45) is 4.99 Å². The Bertz CT molecular complexity index is 1450. The van der Waals surface area contributed by atoms with Crippen LogP contribution in [0.1, 0.15) is 50.5 Å². The molecule has 8 heteroatoms. The summed E-state index contributed by atoms with van der Waals surface area (Å²) in [6, 6.07) is 20.8. The van der Waals surface area contributed by atoms with Crippen LogP contribution in [-0.4, -0.2) is 42.0 Å². The lowest BCUT2D eigenvalue weighted by Gasteiger charge is -2.06. The molecule has 1 aromatic heterocycles. The molecule has 0 bridgehead atoms. The normalized spacial score (nSPS) is 11.6. The molecule has 0 aliphatic carbocycles. The summed E-state index contributed by atoms with van der Waals surface area (Å²) >= 11 is 1.32. The van der Waals surface area contributed by atoms with Gasteiger partial charge >= 0.3 is 5.97 Å². The first kappa shape index (κ1) is 25.2. The van der Waals surface area contributed by atoms with Gasteiger partial charge in [-0.15, -0.1) is 0 Å². The van der Waals surface area contributed by atoms with Gasteiger partial charge in [-0.25, -0.2) is 4.79 Å². The monoisotopic (exact) mass is 502 g/mol. The van der Waals surface area contributed by atoms with E-state index in [0.717, 1.165) is 10.2 Å². The van der Waals surface area contributed by atoms with Gasteiger partial charge in [0.2, 0.25) is 0 Å². The van der Waals surface area contributed by atoms with Crippen LogP contribution in [0.15, 0.2) is 77.8 Å². The second kappa shape index (κ2) is 11.7. The van der Waals surface area contributed by atoms with Crippen LogP contribution in [0.4, 0.5) is 0 Å². The Kier molecular flexibility index (Phi) is 8.20. The van der Waals surface area contributed by atoms with Crippen molar-refractivity contribution < 1.29 is 23.9 Å². The molecule has 36 heavy (non-hydrogen) atoms. The van der Waals surface area contributed by atoms with E-state index in [0.29, 0.717) is 53.4 Å². The maximum atomic E-state index is 13.0. The third-order valence-corrected chi connectivity index (χ3v) is 6.53. The summed E-state index contributed by atoms with van der Waals surface area (Å²) in [4.78, 5) is 42.7. The number of ketones is 1. The molecule has 184 valence electrons. The van der Waals surface area contributed by atoms with Crippen LogP contribution >= 0.6 is 11.3 Å². The number of carbonyl (C=O) groups is 3. The van der Waals surface area contributed by atoms with Crippen LogP contribution in [0.3, 0.4) is 0 Å². The molecule has 0 radical (unpaired) electrons. The van der Waals surface area contributed by atoms with Gasteiger partial charge in [0.05, 0.1) is 29.0 Å². The molecule has 7 nitrogen and oxygen atoms in total. The standard InChI is InChI=1S/C28H26N2O5S/c1-3-34-17-16-30-23-15-14-22(27(33)35-4-2)18-24(23)36-28(30)29-26(32)21-12-10-20(11-13-21)25(31)19-8-6-5-7-9-19/h5-15,18H,3-4,16-17H2,1-2H3. The molecule has 4 aromatic rings. The van der Waals surface area contributed by atoms with Crippen LogP contribution in [0.2, 0.25) is 0 Å². The molecule has 0 fully saturated rings. The van der Waals surface area contributed by atoms with Gasteiger partial charge in [0.1, 0.15) is 0 Å². The fourth-order valence-corrected chi connectivity index (χ4v) is 4.78. The Labute approximate surface area is 212 Å². The van der Waals surface area contributed by atoms with Crippen molar-refractivity contribution in [3.05, 3.63) is 99.9 Å². The number of hydrogen-bond acceptors (Lipinski definition) is 6. The first-order valence-corrected chi connectivity index (χ1v) is 12.5. The Balaban J connectivity index is 1.66. The lowest BCUT2D eigenvalue weighted by molar-refractivity contribution is 0.0526. The zero-order valence-electron chi connectivity index (χ0n) is 20.1. The summed E-state index contributed by atoms with van der Waals surface area (Å²) in [5.74, 6) is -0.924. The maximum Gasteiger partial charge on any atom is 0.338 e. The highest BCUT2D eigenvalue weighted by molar-refractivity contribution is 7.16. The van der Waals surface area contributed by atoms with Crippen LogP contribution in [0, 0.1) is 0 Å². The predicted octanol–water partition coefficient (Wildman–Crippen LogP) is 4.89. The number of benzene rings is 3. The Morgan fingerprint density at radius 2 is 1.50 bits per heavy atom. The summed E-state index contributed by atoms with van der Waals surface area (Å²) < 4.78 is 13.4. The van der Waals surface area contributed by atoms with E-state index in [-0.39, 0.29) is 5.78 Å². The summed E-state index contributed by atoms with van der Waals surface area (Å²) in [5.41, 5.74) is 2.75. The van der Waals surface area contributed by atoms with Crippen molar-refractivity contribution in [2.45, 2.75) is 20.4 Å². The summed E-state index contributed by atoms with van der Waals surface area (Å²) in [7, 11) is 0. The van der Waals surface area contributed by atoms with E-state index in [1.54, 1.807) is 55.5 Å². The number of thiazole rings is 1. The molecule has 0 atom stereocenters. The van der Waals surface area contributed by atoms with Gasteiger partial charge in [0.25, 0.3) is 5.91 Å². The van der Waals surface area contributed by atoms with Gasteiger partial charge in [-0.05, 0) is 44.2 Å². The van der Waals surface area contributed by atoms with Crippen molar-refractivity contribution >= 4 is 39.2 Å². The molecule has 0 aliphatic heterocycles. The highest BCUT2D eigenvalue weighted by Gasteiger charge is 2.14. The second-order valence-electron chi connectivity index (χ2n) is 7.83. The summed E-state index contributed by atoms with van der Waals surface area (Å²) in [6.45, 7) is 5.51. The fourth-order valence-electron chi connectivity index (χ4n) is 3.69. The number of hydrogen-bond donors (Lipinski definition) is 0. The van der Waals surface area contributed by atoms with Gasteiger partial charge in [-0.2, -0.15) is 4.99 Å². The molecule has 1 heterocycles. The van der Waals surface area contributed by atoms with E-state index < -0.39 is 11.9 Å². The molecule has 0 N–H and O–H groups in total.